The lowest BCUT2D eigenvalue weighted by atomic mass is 9.96. The minimum Gasteiger partial charge on any atom is -0.481 e. The van der Waals surface area contributed by atoms with Crippen LogP contribution >= 0.6 is 11.8 Å². The van der Waals surface area contributed by atoms with Crippen LogP contribution in [-0.2, 0) is 16.0 Å². The zero-order chi connectivity index (χ0) is 19.7. The minimum absolute atomic E-state index is 0.113. The van der Waals surface area contributed by atoms with Crippen LogP contribution in [-0.4, -0.2) is 22.2 Å². The third kappa shape index (κ3) is 3.76. The Morgan fingerprint density at radius 1 is 1.14 bits per heavy atom. The maximum Gasteiger partial charge on any atom is 0.305 e. The Morgan fingerprint density at radius 3 is 2.75 bits per heavy atom. The lowest BCUT2D eigenvalue weighted by Crippen LogP contribution is -2.36. The summed E-state index contributed by atoms with van der Waals surface area (Å²) < 4.78 is 0. The third-order valence-electron chi connectivity index (χ3n) is 5.08. The van der Waals surface area contributed by atoms with Gasteiger partial charge in [0.25, 0.3) is 0 Å². The molecule has 0 aromatic heterocycles. The van der Waals surface area contributed by atoms with Crippen LogP contribution in [0.3, 0.4) is 0 Å². The topological polar surface area (TPSA) is 66.4 Å². The number of aryl methyl sites for hydroxylation is 1. The second kappa shape index (κ2) is 7.68. The molecule has 28 heavy (non-hydrogen) atoms. The molecule has 4 nitrogen and oxygen atoms in total. The smallest absolute Gasteiger partial charge is 0.305 e. The number of fused-ring (bicyclic) bond motifs is 2. The molecule has 0 spiro atoms. The number of thioether (sulfide) groups is 1. The number of hydrogen-bond acceptors (Lipinski definition) is 3. The van der Waals surface area contributed by atoms with E-state index in [-0.39, 0.29) is 17.6 Å². The van der Waals surface area contributed by atoms with E-state index in [1.807, 2.05) is 49.4 Å². The Balaban J connectivity index is 1.59. The fraction of sp³-hybridized carbons (Fsp3) is 0.217. The minimum atomic E-state index is -0.934. The zero-order valence-electron chi connectivity index (χ0n) is 15.5. The van der Waals surface area contributed by atoms with Crippen LogP contribution in [0.15, 0.2) is 65.6 Å². The first-order chi connectivity index (χ1) is 13.5. The normalized spacial score (nSPS) is 16.5. The maximum absolute atomic E-state index is 13.0. The number of amides is 1. The molecular formula is C23H21NO3S. The molecule has 142 valence electrons. The van der Waals surface area contributed by atoms with Crippen molar-refractivity contribution in [3.05, 3.63) is 77.4 Å². The number of carboxylic acids is 1. The second-order valence-corrected chi connectivity index (χ2v) is 8.39. The van der Waals surface area contributed by atoms with E-state index in [2.05, 4.69) is 23.5 Å². The Morgan fingerprint density at radius 2 is 1.93 bits per heavy atom. The second-order valence-electron chi connectivity index (χ2n) is 7.15. The van der Waals surface area contributed by atoms with Gasteiger partial charge in [-0.3, -0.25) is 9.59 Å². The summed E-state index contributed by atoms with van der Waals surface area (Å²) >= 11 is 1.55. The molecular weight excluding hydrogens is 370 g/mol. The van der Waals surface area contributed by atoms with E-state index < -0.39 is 12.0 Å². The summed E-state index contributed by atoms with van der Waals surface area (Å²) in [5, 5.41) is 14.2. The molecule has 0 bridgehead atoms. The van der Waals surface area contributed by atoms with E-state index in [1.54, 1.807) is 11.8 Å². The van der Waals surface area contributed by atoms with Crippen LogP contribution in [0.1, 0.15) is 29.2 Å². The number of carboxylic acid groups (broad SMARTS) is 1. The van der Waals surface area contributed by atoms with Crippen molar-refractivity contribution in [1.82, 2.24) is 5.32 Å². The van der Waals surface area contributed by atoms with Gasteiger partial charge in [0.05, 0.1) is 17.7 Å². The van der Waals surface area contributed by atoms with Crippen LogP contribution in [0.4, 0.5) is 0 Å². The predicted molar refractivity (Wildman–Crippen MR) is 112 cm³/mol. The van der Waals surface area contributed by atoms with E-state index in [0.29, 0.717) is 6.42 Å². The molecule has 0 aliphatic carbocycles. The molecule has 2 N–H and O–H groups in total. The monoisotopic (exact) mass is 391 g/mol. The summed E-state index contributed by atoms with van der Waals surface area (Å²) in [5.41, 5.74) is 3.20. The number of carbonyl (C=O) groups excluding carboxylic acids is 1. The van der Waals surface area contributed by atoms with Gasteiger partial charge in [-0.25, -0.2) is 0 Å². The molecule has 3 aromatic carbocycles. The lowest BCUT2D eigenvalue weighted by molar-refractivity contribution is -0.137. The van der Waals surface area contributed by atoms with Crippen molar-refractivity contribution in [2.45, 2.75) is 36.0 Å². The maximum atomic E-state index is 13.0. The number of rotatable bonds is 5. The molecule has 3 aromatic rings. The molecule has 5 heteroatoms. The van der Waals surface area contributed by atoms with E-state index in [4.69, 9.17) is 0 Å². The van der Waals surface area contributed by atoms with Gasteiger partial charge in [-0.15, -0.1) is 11.8 Å². The molecule has 4 rings (SSSR count). The highest BCUT2D eigenvalue weighted by atomic mass is 32.2. The van der Waals surface area contributed by atoms with E-state index in [9.17, 15) is 14.7 Å². The Bertz CT molecular complexity index is 1060. The largest absolute Gasteiger partial charge is 0.481 e. The van der Waals surface area contributed by atoms with Gasteiger partial charge in [-0.05, 0) is 41.3 Å². The quantitative estimate of drug-likeness (QED) is 0.672. The first kappa shape index (κ1) is 18.6. The van der Waals surface area contributed by atoms with Gasteiger partial charge in [0.1, 0.15) is 0 Å². The molecule has 0 fully saturated rings. The molecule has 1 amide bonds. The zero-order valence-corrected chi connectivity index (χ0v) is 16.3. The molecule has 0 radical (unpaired) electrons. The standard InChI is InChI=1S/C23H21NO3S/c1-14-9-10-20-16(11-14)12-21(28-20)23(27)24-19(13-22(25)26)18-8-4-6-15-5-2-3-7-17(15)18/h2-11,19,21H,12-13H2,1H3,(H,24,27)(H,25,26)/t19-,21?/m1/s1. The van der Waals surface area contributed by atoms with Crippen LogP contribution in [0.25, 0.3) is 10.8 Å². The molecule has 0 saturated carbocycles. The van der Waals surface area contributed by atoms with Gasteiger partial charge in [0.15, 0.2) is 0 Å². The van der Waals surface area contributed by atoms with E-state index >= 15 is 0 Å². The SMILES string of the molecule is Cc1ccc2c(c1)CC(C(=O)N[C@H](CC(=O)O)c1cccc3ccccc13)S2. The first-order valence-corrected chi connectivity index (χ1v) is 10.2. The predicted octanol–water partition coefficient (Wildman–Crippen LogP) is 4.50. The number of nitrogens with one attached hydrogen (secondary N) is 1. The molecule has 1 aliphatic heterocycles. The van der Waals surface area contributed by atoms with Crippen molar-refractivity contribution in [3.8, 4) is 0 Å². The highest BCUT2D eigenvalue weighted by Crippen LogP contribution is 2.38. The summed E-state index contributed by atoms with van der Waals surface area (Å²) in [5.74, 6) is -1.05. The number of carbonyl (C=O) groups is 2. The van der Waals surface area contributed by atoms with Crippen molar-refractivity contribution in [3.63, 3.8) is 0 Å². The summed E-state index contributed by atoms with van der Waals surface area (Å²) in [6.45, 7) is 2.04. The van der Waals surface area contributed by atoms with Crippen LogP contribution in [0.5, 0.6) is 0 Å². The first-order valence-electron chi connectivity index (χ1n) is 9.27. The van der Waals surface area contributed by atoms with Gasteiger partial charge < -0.3 is 10.4 Å². The lowest BCUT2D eigenvalue weighted by Gasteiger charge is -2.21. The van der Waals surface area contributed by atoms with Crippen molar-refractivity contribution in [2.75, 3.05) is 0 Å². The highest BCUT2D eigenvalue weighted by molar-refractivity contribution is 8.01. The van der Waals surface area contributed by atoms with Crippen LogP contribution < -0.4 is 5.32 Å². The van der Waals surface area contributed by atoms with Crippen LogP contribution in [0.2, 0.25) is 0 Å². The summed E-state index contributed by atoms with van der Waals surface area (Å²) in [4.78, 5) is 25.6. The van der Waals surface area contributed by atoms with Gasteiger partial charge in [0.2, 0.25) is 5.91 Å². The molecule has 2 atom stereocenters. The molecule has 1 heterocycles. The number of hydrogen-bond donors (Lipinski definition) is 2. The van der Waals surface area contributed by atoms with Crippen molar-refractivity contribution in [1.29, 1.82) is 0 Å². The fourth-order valence-electron chi connectivity index (χ4n) is 3.76. The number of benzene rings is 3. The van der Waals surface area contributed by atoms with E-state index in [1.165, 1.54) is 11.1 Å². The third-order valence-corrected chi connectivity index (χ3v) is 6.39. The Kier molecular flexibility index (Phi) is 5.09. The van der Waals surface area contributed by atoms with Crippen molar-refractivity contribution < 1.29 is 14.7 Å². The average Bonchev–Trinajstić information content (AvgIpc) is 3.10. The summed E-state index contributed by atoms with van der Waals surface area (Å²) in [6, 6.07) is 19.3. The van der Waals surface area contributed by atoms with Crippen molar-refractivity contribution in [2.24, 2.45) is 0 Å². The molecule has 1 aliphatic rings. The number of aliphatic carboxylic acids is 1. The van der Waals surface area contributed by atoms with Gasteiger partial charge in [0, 0.05) is 4.90 Å². The van der Waals surface area contributed by atoms with Gasteiger partial charge in [-0.2, -0.15) is 0 Å². The molecule has 0 saturated heterocycles. The molecule has 1 unspecified atom stereocenters. The fourth-order valence-corrected chi connectivity index (χ4v) is 4.94. The Hall–Kier alpha value is -2.79. The Labute approximate surface area is 168 Å². The summed E-state index contributed by atoms with van der Waals surface area (Å²) in [7, 11) is 0. The highest BCUT2D eigenvalue weighted by Gasteiger charge is 2.30. The van der Waals surface area contributed by atoms with Crippen LogP contribution in [0, 0.1) is 6.92 Å². The van der Waals surface area contributed by atoms with Crippen molar-refractivity contribution >= 4 is 34.4 Å². The average molecular weight is 391 g/mol. The van der Waals surface area contributed by atoms with E-state index in [0.717, 1.165) is 21.2 Å². The van der Waals surface area contributed by atoms with Gasteiger partial charge >= 0.3 is 5.97 Å². The summed E-state index contributed by atoms with van der Waals surface area (Å²) in [6.07, 6.45) is 0.520. The van der Waals surface area contributed by atoms with Gasteiger partial charge in [-0.1, -0.05) is 60.2 Å².